The predicted molar refractivity (Wildman–Crippen MR) is 200 cm³/mol. The van der Waals surface area contributed by atoms with Gasteiger partial charge >= 0.3 is 0 Å². The summed E-state index contributed by atoms with van der Waals surface area (Å²) < 4.78 is 102. The average molecular weight is 639 g/mol. The van der Waals surface area contributed by atoms with E-state index in [1.807, 2.05) is 109 Å². The summed E-state index contributed by atoms with van der Waals surface area (Å²) in [6.45, 7) is 0. The van der Waals surface area contributed by atoms with Crippen LogP contribution in [0.5, 0.6) is 0 Å². The minimum absolute atomic E-state index is 0.0956. The van der Waals surface area contributed by atoms with E-state index in [1.165, 1.54) is 0 Å². The first-order valence-electron chi connectivity index (χ1n) is 21.0. The number of hydrogen-bond acceptors (Lipinski definition) is 4. The normalized spacial score (nSPS) is 14.4. The van der Waals surface area contributed by atoms with Gasteiger partial charge in [0.05, 0.1) is 15.1 Å². The Bertz CT molecular complexity index is 3060. The standard InChI is InChI=1S/C45H29N3O/c1-4-12-30(13-5-1)32-20-24-35(25-21-32)43-46-44(36-26-22-33(23-27-36)31-14-6-2-7-15-31)48-45(47-43)39-29-28-37(34-16-8-3-9-17-34)42-41(39)38-18-10-11-19-40(38)49-42/h1-29H/i3D,8D,9D,10D,11D,16D,17D,18D,19D,28D,29D. The van der Waals surface area contributed by atoms with Crippen LogP contribution < -0.4 is 0 Å². The summed E-state index contributed by atoms with van der Waals surface area (Å²) in [6, 6.07) is 27.9. The second kappa shape index (κ2) is 12.2. The molecule has 0 bridgehead atoms. The molecule has 230 valence electrons. The molecular formula is C45H29N3O. The van der Waals surface area contributed by atoms with E-state index in [9.17, 15) is 2.74 Å². The minimum Gasteiger partial charge on any atom is -0.455 e. The van der Waals surface area contributed by atoms with E-state index in [0.717, 1.165) is 22.3 Å². The molecule has 0 spiro atoms. The van der Waals surface area contributed by atoms with E-state index in [2.05, 4.69) is 0 Å². The molecule has 4 nitrogen and oxygen atoms in total. The van der Waals surface area contributed by atoms with Gasteiger partial charge in [-0.3, -0.25) is 0 Å². The van der Waals surface area contributed by atoms with Crippen LogP contribution in [0.2, 0.25) is 0 Å². The van der Waals surface area contributed by atoms with E-state index >= 15 is 0 Å². The Morgan fingerprint density at radius 1 is 0.388 bits per heavy atom. The molecule has 0 aliphatic heterocycles. The Labute approximate surface area is 299 Å². The largest absolute Gasteiger partial charge is 0.455 e. The zero-order chi connectivity index (χ0) is 42.1. The van der Waals surface area contributed by atoms with Gasteiger partial charge in [-0.1, -0.05) is 158 Å². The highest BCUT2D eigenvalue weighted by atomic mass is 16.3. The van der Waals surface area contributed by atoms with Crippen molar-refractivity contribution in [3.63, 3.8) is 0 Å². The Morgan fingerprint density at radius 2 is 0.857 bits per heavy atom. The van der Waals surface area contributed by atoms with Crippen LogP contribution >= 0.6 is 0 Å². The lowest BCUT2D eigenvalue weighted by Gasteiger charge is -2.11. The third-order valence-electron chi connectivity index (χ3n) is 8.23. The summed E-state index contributed by atoms with van der Waals surface area (Å²) in [4.78, 5) is 14.6. The van der Waals surface area contributed by atoms with Crippen LogP contribution in [0.4, 0.5) is 0 Å². The molecule has 0 atom stereocenters. The van der Waals surface area contributed by atoms with Crippen molar-refractivity contribution in [1.82, 2.24) is 15.0 Å². The number of aromatic nitrogens is 3. The van der Waals surface area contributed by atoms with Crippen LogP contribution in [0.25, 0.3) is 89.5 Å². The van der Waals surface area contributed by atoms with Gasteiger partial charge in [0.2, 0.25) is 0 Å². The SMILES string of the molecule is [2H]c1c([2H])c([2H])c(-c2c([2H])c([2H])c(-c3nc(-c4ccc(-c5ccccc5)cc4)nc(-c4ccc(-c5ccccc5)cc4)n3)c3c2oc2c([2H])c([2H])c([2H])c([2H])c23)c([2H])c1[2H]. The van der Waals surface area contributed by atoms with Gasteiger partial charge in [0.1, 0.15) is 11.2 Å². The Balaban J connectivity index is 1.37. The lowest BCUT2D eigenvalue weighted by atomic mass is 9.98. The first kappa shape index (κ1) is 19.2. The Hall–Kier alpha value is -6.65. The summed E-state index contributed by atoms with van der Waals surface area (Å²) in [5.41, 5.74) is 3.52. The minimum atomic E-state index is -0.683. The number of furan rings is 1. The maximum Gasteiger partial charge on any atom is 0.164 e. The molecule has 9 rings (SSSR count). The van der Waals surface area contributed by atoms with Crippen LogP contribution in [0, 0.1) is 0 Å². The first-order chi connectivity index (χ1) is 28.8. The molecule has 0 radical (unpaired) electrons. The van der Waals surface area contributed by atoms with Crippen molar-refractivity contribution in [3.8, 4) is 67.5 Å². The van der Waals surface area contributed by atoms with E-state index in [4.69, 9.17) is 31.7 Å². The number of fused-ring (bicyclic) bond motifs is 3. The molecular weight excluding hydrogens is 599 g/mol. The van der Waals surface area contributed by atoms with Gasteiger partial charge in [0.25, 0.3) is 0 Å². The molecule has 0 saturated heterocycles. The third-order valence-corrected chi connectivity index (χ3v) is 8.23. The summed E-state index contributed by atoms with van der Waals surface area (Å²) in [6.07, 6.45) is 0. The second-order valence-electron chi connectivity index (χ2n) is 11.2. The van der Waals surface area contributed by atoms with Crippen molar-refractivity contribution in [1.29, 1.82) is 0 Å². The summed E-state index contributed by atoms with van der Waals surface area (Å²) >= 11 is 0. The third kappa shape index (κ3) is 5.35. The maximum atomic E-state index is 9.55. The maximum absolute atomic E-state index is 9.55. The summed E-state index contributed by atoms with van der Waals surface area (Å²) in [5.74, 6) is 0.274. The van der Waals surface area contributed by atoms with Gasteiger partial charge in [0.15, 0.2) is 17.5 Å². The van der Waals surface area contributed by atoms with Crippen LogP contribution in [-0.2, 0) is 0 Å². The second-order valence-corrected chi connectivity index (χ2v) is 11.2. The molecule has 0 aliphatic carbocycles. The smallest absolute Gasteiger partial charge is 0.164 e. The van der Waals surface area contributed by atoms with Gasteiger partial charge in [-0.25, -0.2) is 15.0 Å². The topological polar surface area (TPSA) is 51.8 Å². The van der Waals surface area contributed by atoms with Crippen LogP contribution in [0.3, 0.4) is 0 Å². The number of rotatable bonds is 6. The molecule has 49 heavy (non-hydrogen) atoms. The molecule has 0 unspecified atom stereocenters. The first-order valence-corrected chi connectivity index (χ1v) is 15.5. The summed E-state index contributed by atoms with van der Waals surface area (Å²) in [7, 11) is 0. The highest BCUT2D eigenvalue weighted by Crippen LogP contribution is 2.41. The van der Waals surface area contributed by atoms with Crippen molar-refractivity contribution >= 4 is 21.9 Å². The zero-order valence-corrected chi connectivity index (χ0v) is 25.6. The van der Waals surface area contributed by atoms with E-state index in [1.54, 1.807) is 0 Å². The van der Waals surface area contributed by atoms with Gasteiger partial charge < -0.3 is 4.42 Å². The number of para-hydroxylation sites is 1. The molecule has 0 fully saturated rings. The van der Waals surface area contributed by atoms with Gasteiger partial charge in [-0.15, -0.1) is 0 Å². The van der Waals surface area contributed by atoms with Gasteiger partial charge in [0, 0.05) is 33.0 Å². The van der Waals surface area contributed by atoms with E-state index in [0.29, 0.717) is 11.1 Å². The highest BCUT2D eigenvalue weighted by molar-refractivity contribution is 6.15. The highest BCUT2D eigenvalue weighted by Gasteiger charge is 2.20. The fourth-order valence-electron chi connectivity index (χ4n) is 5.83. The fraction of sp³-hybridized carbons (Fsp3) is 0. The van der Waals surface area contributed by atoms with Crippen molar-refractivity contribution in [2.45, 2.75) is 0 Å². The molecule has 0 N–H and O–H groups in total. The number of nitrogens with zero attached hydrogens (tertiary/aromatic N) is 3. The van der Waals surface area contributed by atoms with E-state index < -0.39 is 72.0 Å². The molecule has 0 amide bonds. The molecule has 0 aliphatic rings. The van der Waals surface area contributed by atoms with E-state index in [-0.39, 0.29) is 50.5 Å². The average Bonchev–Trinajstić information content (AvgIpc) is 3.68. The Morgan fingerprint density at radius 3 is 1.45 bits per heavy atom. The molecule has 0 saturated carbocycles. The van der Waals surface area contributed by atoms with Gasteiger partial charge in [-0.2, -0.15) is 0 Å². The van der Waals surface area contributed by atoms with Crippen molar-refractivity contribution in [3.05, 3.63) is 176 Å². The quantitative estimate of drug-likeness (QED) is 0.182. The predicted octanol–water partition coefficient (Wildman–Crippen LogP) is 11.8. The van der Waals surface area contributed by atoms with Crippen molar-refractivity contribution in [2.24, 2.45) is 0 Å². The van der Waals surface area contributed by atoms with Crippen molar-refractivity contribution < 1.29 is 19.5 Å². The Kier molecular flexibility index (Phi) is 4.78. The number of hydrogen-bond donors (Lipinski definition) is 0. The molecule has 2 heterocycles. The fourth-order valence-corrected chi connectivity index (χ4v) is 5.83. The van der Waals surface area contributed by atoms with Crippen LogP contribution in [0.1, 0.15) is 15.1 Å². The monoisotopic (exact) mass is 638 g/mol. The molecule has 2 aromatic heterocycles. The van der Waals surface area contributed by atoms with Crippen LogP contribution in [0.15, 0.2) is 180 Å². The lowest BCUT2D eigenvalue weighted by molar-refractivity contribution is 0.670. The van der Waals surface area contributed by atoms with Crippen LogP contribution in [-0.4, -0.2) is 15.0 Å². The molecule has 7 aromatic carbocycles. The molecule has 9 aromatic rings. The van der Waals surface area contributed by atoms with Gasteiger partial charge in [-0.05, 0) is 45.9 Å². The molecule has 4 heteroatoms. The number of benzene rings is 7. The van der Waals surface area contributed by atoms with Crippen molar-refractivity contribution in [2.75, 3.05) is 0 Å². The summed E-state index contributed by atoms with van der Waals surface area (Å²) in [5, 5.41) is -0.252. The zero-order valence-electron chi connectivity index (χ0n) is 36.6. The lowest BCUT2D eigenvalue weighted by Crippen LogP contribution is -2.00.